The summed E-state index contributed by atoms with van der Waals surface area (Å²) in [7, 11) is 1.80. The Kier molecular flexibility index (Phi) is 5.65. The number of rotatable bonds is 7. The van der Waals surface area contributed by atoms with Gasteiger partial charge in [-0.05, 0) is 30.7 Å². The van der Waals surface area contributed by atoms with Gasteiger partial charge in [-0.25, -0.2) is 0 Å². The second-order valence-electron chi connectivity index (χ2n) is 5.69. The van der Waals surface area contributed by atoms with Gasteiger partial charge in [0.25, 0.3) is 0 Å². The maximum Gasteiger partial charge on any atom is 0.188 e. The second-order valence-corrected chi connectivity index (χ2v) is 6.73. The average Bonchev–Trinajstić information content (AvgIpc) is 2.98. The number of nitrogens with one attached hydrogen (secondary N) is 1. The van der Waals surface area contributed by atoms with Gasteiger partial charge in [0.2, 0.25) is 0 Å². The summed E-state index contributed by atoms with van der Waals surface area (Å²) in [6, 6.07) is 4.59. The summed E-state index contributed by atoms with van der Waals surface area (Å²) in [4.78, 5) is 5.81. The number of hydrogen-bond donors (Lipinski definition) is 2. The molecule has 1 saturated carbocycles. The molecule has 1 fully saturated rings. The standard InChI is InChI=1S/C16H27N3OS/c1-4-16(5-2)13(11-14(16)20-3)19-15(17)18-9-8-12-7-6-10-21-12/h6-7,10,13-14H,4-5,8-9,11H2,1-3H3,(H3,17,18,19). The van der Waals surface area contributed by atoms with Crippen molar-refractivity contribution in [3.63, 3.8) is 0 Å². The fourth-order valence-electron chi connectivity index (χ4n) is 3.44. The summed E-state index contributed by atoms with van der Waals surface area (Å²) >= 11 is 1.77. The molecular formula is C16H27N3OS. The quantitative estimate of drug-likeness (QED) is 0.601. The second kappa shape index (κ2) is 7.27. The van der Waals surface area contributed by atoms with Crippen molar-refractivity contribution in [3.8, 4) is 0 Å². The minimum atomic E-state index is 0.197. The normalized spacial score (nSPS) is 24.6. The Balaban J connectivity index is 1.85. The van der Waals surface area contributed by atoms with E-state index in [0.29, 0.717) is 18.1 Å². The van der Waals surface area contributed by atoms with Crippen LogP contribution in [0.4, 0.5) is 0 Å². The van der Waals surface area contributed by atoms with Gasteiger partial charge in [-0.15, -0.1) is 11.3 Å². The van der Waals surface area contributed by atoms with Crippen LogP contribution < -0.4 is 11.1 Å². The first-order chi connectivity index (χ1) is 10.2. The average molecular weight is 309 g/mol. The highest BCUT2D eigenvalue weighted by atomic mass is 32.1. The lowest BCUT2D eigenvalue weighted by molar-refractivity contribution is -0.118. The van der Waals surface area contributed by atoms with Gasteiger partial charge in [0.15, 0.2) is 5.96 Å². The van der Waals surface area contributed by atoms with Crippen molar-refractivity contribution in [1.82, 2.24) is 5.32 Å². The van der Waals surface area contributed by atoms with Gasteiger partial charge in [0.1, 0.15) is 0 Å². The Morgan fingerprint density at radius 2 is 2.29 bits per heavy atom. The van der Waals surface area contributed by atoms with Crippen molar-refractivity contribution in [2.45, 2.75) is 51.7 Å². The molecule has 0 radical (unpaired) electrons. The van der Waals surface area contributed by atoms with E-state index in [4.69, 9.17) is 10.5 Å². The van der Waals surface area contributed by atoms with Gasteiger partial charge >= 0.3 is 0 Å². The topological polar surface area (TPSA) is 59.6 Å². The number of guanidine groups is 1. The molecule has 1 aromatic heterocycles. The number of hydrogen-bond acceptors (Lipinski definition) is 3. The third-order valence-corrected chi connectivity index (χ3v) is 5.86. The summed E-state index contributed by atoms with van der Waals surface area (Å²) < 4.78 is 5.61. The van der Waals surface area contributed by atoms with Crippen molar-refractivity contribution >= 4 is 17.3 Å². The Labute approximate surface area is 131 Å². The molecule has 21 heavy (non-hydrogen) atoms. The summed E-state index contributed by atoms with van der Waals surface area (Å²) in [5, 5.41) is 5.50. The zero-order chi connectivity index (χ0) is 15.3. The Morgan fingerprint density at radius 1 is 1.52 bits per heavy atom. The van der Waals surface area contributed by atoms with E-state index in [1.165, 1.54) is 4.88 Å². The number of nitrogens with zero attached hydrogens (tertiary/aromatic N) is 1. The maximum atomic E-state index is 6.04. The molecule has 2 unspecified atom stereocenters. The van der Waals surface area contributed by atoms with Gasteiger partial charge in [-0.2, -0.15) is 0 Å². The van der Waals surface area contributed by atoms with Crippen molar-refractivity contribution in [3.05, 3.63) is 22.4 Å². The van der Waals surface area contributed by atoms with Crippen LogP contribution in [0, 0.1) is 5.41 Å². The molecule has 0 aliphatic heterocycles. The molecule has 0 bridgehead atoms. The highest BCUT2D eigenvalue weighted by Gasteiger charge is 2.53. The maximum absolute atomic E-state index is 6.04. The van der Waals surface area contributed by atoms with Crippen molar-refractivity contribution < 1.29 is 4.74 Å². The lowest BCUT2D eigenvalue weighted by Gasteiger charge is -2.55. The van der Waals surface area contributed by atoms with E-state index in [1.807, 2.05) is 0 Å². The van der Waals surface area contributed by atoms with E-state index in [-0.39, 0.29) is 5.41 Å². The van der Waals surface area contributed by atoms with Gasteiger partial charge in [0, 0.05) is 36.4 Å². The SMILES string of the molecule is CCC1(CC)C(NC(N)=NCCc2cccs2)CC1OC. The van der Waals surface area contributed by atoms with Crippen LogP contribution in [0.2, 0.25) is 0 Å². The van der Waals surface area contributed by atoms with Crippen LogP contribution in [-0.2, 0) is 11.2 Å². The Bertz CT molecular complexity index is 454. The molecule has 1 heterocycles. The van der Waals surface area contributed by atoms with Crippen LogP contribution in [-0.4, -0.2) is 31.8 Å². The van der Waals surface area contributed by atoms with Gasteiger partial charge in [-0.3, -0.25) is 4.99 Å². The van der Waals surface area contributed by atoms with Gasteiger partial charge in [-0.1, -0.05) is 19.9 Å². The van der Waals surface area contributed by atoms with Crippen LogP contribution in [0.15, 0.2) is 22.5 Å². The molecule has 3 N–H and O–H groups in total. The third kappa shape index (κ3) is 3.40. The summed E-state index contributed by atoms with van der Waals surface area (Å²) in [6.45, 7) is 5.20. The van der Waals surface area contributed by atoms with E-state index in [2.05, 4.69) is 41.7 Å². The zero-order valence-corrected chi connectivity index (χ0v) is 14.1. The molecular weight excluding hydrogens is 282 g/mol. The van der Waals surface area contributed by atoms with Crippen LogP contribution in [0.1, 0.15) is 38.0 Å². The van der Waals surface area contributed by atoms with Crippen LogP contribution >= 0.6 is 11.3 Å². The highest BCUT2D eigenvalue weighted by molar-refractivity contribution is 7.09. The van der Waals surface area contributed by atoms with E-state index in [0.717, 1.165) is 32.2 Å². The summed E-state index contributed by atoms with van der Waals surface area (Å²) in [5.41, 5.74) is 6.24. The Morgan fingerprint density at radius 3 is 2.86 bits per heavy atom. The zero-order valence-electron chi connectivity index (χ0n) is 13.3. The molecule has 0 aromatic carbocycles. The molecule has 118 valence electrons. The van der Waals surface area contributed by atoms with Gasteiger partial charge < -0.3 is 15.8 Å². The number of aliphatic imine (C=N–C) groups is 1. The predicted molar refractivity (Wildman–Crippen MR) is 89.9 cm³/mol. The molecule has 1 aliphatic carbocycles. The van der Waals surface area contributed by atoms with E-state index >= 15 is 0 Å². The molecule has 0 saturated heterocycles. The molecule has 1 aliphatic rings. The minimum absolute atomic E-state index is 0.197. The van der Waals surface area contributed by atoms with Gasteiger partial charge in [0.05, 0.1) is 6.10 Å². The molecule has 5 heteroatoms. The molecule has 4 nitrogen and oxygen atoms in total. The monoisotopic (exact) mass is 309 g/mol. The first-order valence-corrected chi connectivity index (χ1v) is 8.65. The predicted octanol–water partition coefficient (Wildman–Crippen LogP) is 2.79. The van der Waals surface area contributed by atoms with E-state index < -0.39 is 0 Å². The molecule has 0 spiro atoms. The number of thiophene rings is 1. The number of methoxy groups -OCH3 is 1. The largest absolute Gasteiger partial charge is 0.381 e. The minimum Gasteiger partial charge on any atom is -0.381 e. The number of ether oxygens (including phenoxy) is 1. The van der Waals surface area contributed by atoms with Crippen LogP contribution in [0.5, 0.6) is 0 Å². The van der Waals surface area contributed by atoms with Crippen LogP contribution in [0.25, 0.3) is 0 Å². The molecule has 0 amide bonds. The smallest absolute Gasteiger partial charge is 0.188 e. The fraction of sp³-hybridized carbons (Fsp3) is 0.688. The molecule has 2 atom stereocenters. The lowest BCUT2D eigenvalue weighted by atomic mass is 9.58. The highest BCUT2D eigenvalue weighted by Crippen LogP contribution is 2.48. The van der Waals surface area contributed by atoms with Crippen molar-refractivity contribution in [1.29, 1.82) is 0 Å². The molecule has 2 rings (SSSR count). The Hall–Kier alpha value is -1.07. The van der Waals surface area contributed by atoms with E-state index in [1.54, 1.807) is 18.4 Å². The summed E-state index contributed by atoms with van der Waals surface area (Å²) in [6.07, 6.45) is 4.51. The fourth-order valence-corrected chi connectivity index (χ4v) is 4.14. The first kappa shape index (κ1) is 16.3. The number of nitrogens with two attached hydrogens (primary N) is 1. The van der Waals surface area contributed by atoms with Crippen molar-refractivity contribution in [2.75, 3.05) is 13.7 Å². The van der Waals surface area contributed by atoms with Crippen LogP contribution in [0.3, 0.4) is 0 Å². The van der Waals surface area contributed by atoms with Crippen molar-refractivity contribution in [2.24, 2.45) is 16.1 Å². The lowest BCUT2D eigenvalue weighted by Crippen LogP contribution is -2.65. The molecule has 1 aromatic rings. The summed E-state index contributed by atoms with van der Waals surface area (Å²) in [5.74, 6) is 0.567. The first-order valence-electron chi connectivity index (χ1n) is 7.78. The third-order valence-electron chi connectivity index (χ3n) is 4.93. The van der Waals surface area contributed by atoms with E-state index in [9.17, 15) is 0 Å².